The van der Waals surface area contributed by atoms with Gasteiger partial charge in [0.15, 0.2) is 0 Å². The summed E-state index contributed by atoms with van der Waals surface area (Å²) in [6.07, 6.45) is 3.88. The maximum Gasteiger partial charge on any atom is 0.119 e. The van der Waals surface area contributed by atoms with E-state index in [9.17, 15) is 0 Å². The summed E-state index contributed by atoms with van der Waals surface area (Å²) in [5.74, 6) is 0.980. The topological polar surface area (TPSA) is 21.3 Å². The monoisotopic (exact) mass is 241 g/mol. The van der Waals surface area contributed by atoms with Crippen LogP contribution in [0.3, 0.4) is 0 Å². The molecule has 0 spiro atoms. The Balaban J connectivity index is 0.00000128. The van der Waals surface area contributed by atoms with Gasteiger partial charge in [0.05, 0.1) is 0 Å². The normalized spacial score (nSPS) is 19.9. The quantitative estimate of drug-likeness (QED) is 0.879. The third-order valence-electron chi connectivity index (χ3n) is 2.88. The Labute approximate surface area is 104 Å². The Morgan fingerprint density at radius 2 is 2.00 bits per heavy atom. The summed E-state index contributed by atoms with van der Waals surface area (Å²) in [6, 6.07) is 8.80. The van der Waals surface area contributed by atoms with E-state index in [1.807, 2.05) is 12.1 Å². The highest BCUT2D eigenvalue weighted by atomic mass is 35.5. The molecule has 1 N–H and O–H groups in total. The molecule has 1 fully saturated rings. The van der Waals surface area contributed by atoms with E-state index in [4.69, 9.17) is 4.74 Å². The molecular formula is C13H20ClNO. The number of nitrogens with one attached hydrogen (secondary N) is 1. The van der Waals surface area contributed by atoms with Gasteiger partial charge in [-0.15, -0.1) is 12.4 Å². The fraction of sp³-hybridized carbons (Fsp3) is 0.538. The fourth-order valence-electron chi connectivity index (χ4n) is 1.90. The number of hydrogen-bond donors (Lipinski definition) is 1. The van der Waals surface area contributed by atoms with Gasteiger partial charge in [-0.3, -0.25) is 0 Å². The van der Waals surface area contributed by atoms with E-state index in [1.165, 1.54) is 24.8 Å². The van der Waals surface area contributed by atoms with Crippen LogP contribution in [-0.2, 0) is 0 Å². The molecule has 1 aliphatic rings. The zero-order valence-corrected chi connectivity index (χ0v) is 10.6. The van der Waals surface area contributed by atoms with Crippen molar-refractivity contribution in [1.82, 2.24) is 5.32 Å². The van der Waals surface area contributed by atoms with Crippen molar-refractivity contribution in [2.24, 2.45) is 0 Å². The average molecular weight is 242 g/mol. The zero-order valence-electron chi connectivity index (χ0n) is 9.74. The molecule has 0 aromatic heterocycles. The molecule has 1 unspecified atom stereocenters. The van der Waals surface area contributed by atoms with Gasteiger partial charge in [0, 0.05) is 6.04 Å². The SMILES string of the molecule is Cc1ccc(OCC2CCCCN2)cc1.Cl. The maximum atomic E-state index is 5.74. The molecule has 1 atom stereocenters. The summed E-state index contributed by atoms with van der Waals surface area (Å²) < 4.78 is 5.74. The van der Waals surface area contributed by atoms with E-state index in [0.717, 1.165) is 18.9 Å². The van der Waals surface area contributed by atoms with Crippen molar-refractivity contribution in [2.45, 2.75) is 32.2 Å². The number of halogens is 1. The zero-order chi connectivity index (χ0) is 10.5. The lowest BCUT2D eigenvalue weighted by atomic mass is 10.1. The summed E-state index contributed by atoms with van der Waals surface area (Å²) in [5, 5.41) is 3.48. The molecule has 1 saturated heterocycles. The highest BCUT2D eigenvalue weighted by Crippen LogP contribution is 2.13. The first kappa shape index (κ1) is 13.3. The largest absolute Gasteiger partial charge is 0.492 e. The van der Waals surface area contributed by atoms with Gasteiger partial charge in [-0.2, -0.15) is 0 Å². The molecule has 0 bridgehead atoms. The number of piperidine rings is 1. The number of rotatable bonds is 3. The molecule has 1 aliphatic heterocycles. The summed E-state index contributed by atoms with van der Waals surface area (Å²) in [7, 11) is 0. The molecule has 0 radical (unpaired) electrons. The van der Waals surface area contributed by atoms with Gasteiger partial charge in [0.25, 0.3) is 0 Å². The molecule has 90 valence electrons. The van der Waals surface area contributed by atoms with Crippen LogP contribution in [0.4, 0.5) is 0 Å². The lowest BCUT2D eigenvalue weighted by Crippen LogP contribution is -2.38. The van der Waals surface area contributed by atoms with Gasteiger partial charge in [0.2, 0.25) is 0 Å². The predicted molar refractivity (Wildman–Crippen MR) is 69.6 cm³/mol. The summed E-state index contributed by atoms with van der Waals surface area (Å²) in [5.41, 5.74) is 1.28. The molecule has 2 rings (SSSR count). The van der Waals surface area contributed by atoms with E-state index in [2.05, 4.69) is 24.4 Å². The minimum atomic E-state index is 0. The second-order valence-corrected chi connectivity index (χ2v) is 4.27. The smallest absolute Gasteiger partial charge is 0.119 e. The van der Waals surface area contributed by atoms with Crippen LogP contribution in [0, 0.1) is 6.92 Å². The van der Waals surface area contributed by atoms with E-state index >= 15 is 0 Å². The Morgan fingerprint density at radius 3 is 2.62 bits per heavy atom. The van der Waals surface area contributed by atoms with E-state index in [-0.39, 0.29) is 12.4 Å². The van der Waals surface area contributed by atoms with Gasteiger partial charge in [0.1, 0.15) is 12.4 Å². The first-order chi connectivity index (χ1) is 7.34. The van der Waals surface area contributed by atoms with Crippen LogP contribution in [-0.4, -0.2) is 19.2 Å². The van der Waals surface area contributed by atoms with Crippen LogP contribution in [0.15, 0.2) is 24.3 Å². The standard InChI is InChI=1S/C13H19NO.ClH/c1-11-5-7-13(8-6-11)15-10-12-4-2-3-9-14-12;/h5-8,12,14H,2-4,9-10H2,1H3;1H. The summed E-state index contributed by atoms with van der Waals surface area (Å²) >= 11 is 0. The third kappa shape index (κ3) is 4.03. The van der Waals surface area contributed by atoms with Crippen molar-refractivity contribution in [3.05, 3.63) is 29.8 Å². The molecule has 1 heterocycles. The van der Waals surface area contributed by atoms with Gasteiger partial charge < -0.3 is 10.1 Å². The molecule has 3 heteroatoms. The van der Waals surface area contributed by atoms with Crippen LogP contribution in [0.5, 0.6) is 5.75 Å². The lowest BCUT2D eigenvalue weighted by Gasteiger charge is -2.23. The first-order valence-corrected chi connectivity index (χ1v) is 5.77. The first-order valence-electron chi connectivity index (χ1n) is 5.77. The molecule has 1 aromatic rings. The number of ether oxygens (including phenoxy) is 1. The number of benzene rings is 1. The number of hydrogen-bond acceptors (Lipinski definition) is 2. The Hall–Kier alpha value is -0.730. The Kier molecular flexibility index (Phi) is 5.64. The van der Waals surface area contributed by atoms with E-state index in [0.29, 0.717) is 6.04 Å². The molecule has 2 nitrogen and oxygen atoms in total. The van der Waals surface area contributed by atoms with Gasteiger partial charge >= 0.3 is 0 Å². The fourth-order valence-corrected chi connectivity index (χ4v) is 1.90. The highest BCUT2D eigenvalue weighted by molar-refractivity contribution is 5.85. The lowest BCUT2D eigenvalue weighted by molar-refractivity contribution is 0.239. The Morgan fingerprint density at radius 1 is 1.25 bits per heavy atom. The number of aryl methyl sites for hydroxylation is 1. The van der Waals surface area contributed by atoms with Crippen molar-refractivity contribution < 1.29 is 4.74 Å². The highest BCUT2D eigenvalue weighted by Gasteiger charge is 2.12. The van der Waals surface area contributed by atoms with Crippen LogP contribution >= 0.6 is 12.4 Å². The molecular weight excluding hydrogens is 222 g/mol. The molecule has 0 saturated carbocycles. The van der Waals surface area contributed by atoms with Crippen molar-refractivity contribution >= 4 is 12.4 Å². The molecule has 16 heavy (non-hydrogen) atoms. The van der Waals surface area contributed by atoms with Crippen molar-refractivity contribution in [3.63, 3.8) is 0 Å². The van der Waals surface area contributed by atoms with Gasteiger partial charge in [-0.1, -0.05) is 24.1 Å². The molecule has 0 amide bonds. The predicted octanol–water partition coefficient (Wildman–Crippen LogP) is 2.94. The van der Waals surface area contributed by atoms with Crippen LogP contribution < -0.4 is 10.1 Å². The van der Waals surface area contributed by atoms with Crippen LogP contribution in [0.1, 0.15) is 24.8 Å². The van der Waals surface area contributed by atoms with Crippen LogP contribution in [0.25, 0.3) is 0 Å². The molecule has 0 aliphatic carbocycles. The van der Waals surface area contributed by atoms with Crippen LogP contribution in [0.2, 0.25) is 0 Å². The van der Waals surface area contributed by atoms with Gasteiger partial charge in [-0.25, -0.2) is 0 Å². The van der Waals surface area contributed by atoms with Crippen molar-refractivity contribution in [2.75, 3.05) is 13.2 Å². The minimum absolute atomic E-state index is 0. The second-order valence-electron chi connectivity index (χ2n) is 4.27. The van der Waals surface area contributed by atoms with Gasteiger partial charge in [-0.05, 0) is 38.4 Å². The van der Waals surface area contributed by atoms with Crippen molar-refractivity contribution in [3.8, 4) is 5.75 Å². The third-order valence-corrected chi connectivity index (χ3v) is 2.88. The second kappa shape index (κ2) is 6.77. The summed E-state index contributed by atoms with van der Waals surface area (Å²) in [4.78, 5) is 0. The average Bonchev–Trinajstić information content (AvgIpc) is 2.30. The summed E-state index contributed by atoms with van der Waals surface area (Å²) in [6.45, 7) is 4.03. The minimum Gasteiger partial charge on any atom is -0.492 e. The van der Waals surface area contributed by atoms with Crippen molar-refractivity contribution in [1.29, 1.82) is 0 Å². The van der Waals surface area contributed by atoms with E-state index in [1.54, 1.807) is 0 Å². The van der Waals surface area contributed by atoms with E-state index < -0.39 is 0 Å². The maximum absolute atomic E-state index is 5.74. The Bertz CT molecular complexity index is 293. The molecule has 1 aromatic carbocycles.